The molecule has 3 N–H and O–H groups in total. The third kappa shape index (κ3) is 6.88. The normalized spacial score (nSPS) is 15.2. The fourth-order valence-electron chi connectivity index (χ4n) is 4.13. The molecule has 6 radical (unpaired) electrons. The first-order chi connectivity index (χ1) is 19.6. The van der Waals surface area contributed by atoms with Gasteiger partial charge in [-0.1, -0.05) is 11.3 Å². The number of morpholine rings is 1. The molecule has 0 spiro atoms. The average molecular weight is 567 g/mol. The van der Waals surface area contributed by atoms with Crippen molar-refractivity contribution < 1.29 is 23.9 Å². The van der Waals surface area contributed by atoms with E-state index in [0.29, 0.717) is 53.2 Å². The molecule has 3 amide bonds. The molecule has 204 valence electrons. The molecule has 1 saturated heterocycles. The Balaban J connectivity index is 1.46. The Bertz CT molecular complexity index is 1470. The van der Waals surface area contributed by atoms with Crippen molar-refractivity contribution in [3.63, 3.8) is 0 Å². The zero-order valence-electron chi connectivity index (χ0n) is 22.2. The van der Waals surface area contributed by atoms with Crippen molar-refractivity contribution in [1.29, 1.82) is 0 Å². The van der Waals surface area contributed by atoms with Crippen molar-refractivity contribution in [3.8, 4) is 16.3 Å². The number of ether oxygens (including phenoxy) is 2. The zero-order chi connectivity index (χ0) is 29.1. The van der Waals surface area contributed by atoms with Crippen LogP contribution < -0.4 is 20.7 Å². The Morgan fingerprint density at radius 2 is 1.88 bits per heavy atom. The van der Waals surface area contributed by atoms with Crippen LogP contribution in [0.15, 0.2) is 30.5 Å². The molecular weight excluding hydrogens is 543 g/mol. The standard InChI is InChI=1S/C25H24B3N7O5S/c1-39-20-14(23-29-12-17(41-23)24(38)35-7-9-40-10-8-35)3-2-4-15(20)30-16-11-18(31-21(36)13-5-6-13)33-34-19(16)22(37)32-25(26,27)28/h2-4,11-13H,5-10H2,1H3,(H,32,37)(H2,30,31,33,36). The van der Waals surface area contributed by atoms with E-state index in [1.54, 1.807) is 29.3 Å². The minimum Gasteiger partial charge on any atom is -0.494 e. The minimum atomic E-state index is -2.01. The number of aromatic nitrogens is 3. The van der Waals surface area contributed by atoms with Gasteiger partial charge in [0, 0.05) is 25.1 Å². The number of carbonyl (C=O) groups excluding carboxylic acids is 3. The maximum absolute atomic E-state index is 13.0. The van der Waals surface area contributed by atoms with Crippen LogP contribution in [-0.2, 0) is 9.53 Å². The van der Waals surface area contributed by atoms with Gasteiger partial charge in [0.15, 0.2) is 17.3 Å². The number of nitrogens with one attached hydrogen (secondary N) is 3. The number of carbonyl (C=O) groups is 3. The van der Waals surface area contributed by atoms with Gasteiger partial charge in [0.2, 0.25) is 5.91 Å². The molecule has 16 heteroatoms. The van der Waals surface area contributed by atoms with Crippen LogP contribution in [0, 0.1) is 5.92 Å². The topological polar surface area (TPSA) is 148 Å². The lowest BCUT2D eigenvalue weighted by molar-refractivity contribution is -0.117. The number of hydrogen-bond acceptors (Lipinski definition) is 10. The van der Waals surface area contributed by atoms with Crippen LogP contribution in [0.3, 0.4) is 0 Å². The highest BCUT2D eigenvalue weighted by Crippen LogP contribution is 2.40. The van der Waals surface area contributed by atoms with Gasteiger partial charge < -0.3 is 30.3 Å². The minimum absolute atomic E-state index is 0.0707. The first kappa shape index (κ1) is 28.6. The highest BCUT2D eigenvalue weighted by atomic mass is 32.1. The highest BCUT2D eigenvalue weighted by molar-refractivity contribution is 7.17. The molecule has 1 aliphatic heterocycles. The summed E-state index contributed by atoms with van der Waals surface area (Å²) in [5.41, 5.74) is 1.05. The van der Waals surface area contributed by atoms with Crippen LogP contribution in [0.5, 0.6) is 5.75 Å². The average Bonchev–Trinajstić information content (AvgIpc) is 3.69. The van der Waals surface area contributed by atoms with Crippen molar-refractivity contribution in [3.05, 3.63) is 41.0 Å². The van der Waals surface area contributed by atoms with Crippen LogP contribution in [-0.4, -0.2) is 100.0 Å². The SMILES string of the molecule is [B]C([B])([B])NC(=O)c1nnc(NC(=O)C2CC2)cc1Nc1cccc(-c2ncc(C(=O)N3CCOCC3)s2)c1OC. The molecule has 3 aromatic rings. The quantitative estimate of drug-likeness (QED) is 0.323. The summed E-state index contributed by atoms with van der Waals surface area (Å²) in [5, 5.41) is 14.6. The van der Waals surface area contributed by atoms with E-state index >= 15 is 0 Å². The molecule has 12 nitrogen and oxygen atoms in total. The molecule has 0 bridgehead atoms. The Morgan fingerprint density at radius 1 is 1.12 bits per heavy atom. The summed E-state index contributed by atoms with van der Waals surface area (Å²) < 4.78 is 11.1. The molecule has 3 heterocycles. The van der Waals surface area contributed by atoms with Crippen molar-refractivity contribution in [2.45, 2.75) is 18.1 Å². The smallest absolute Gasteiger partial charge is 0.272 e. The summed E-state index contributed by atoms with van der Waals surface area (Å²) in [6.07, 6.45) is 3.15. The molecule has 41 heavy (non-hydrogen) atoms. The van der Waals surface area contributed by atoms with Gasteiger partial charge in [-0.25, -0.2) is 4.98 Å². The van der Waals surface area contributed by atoms with E-state index in [0.717, 1.165) is 12.8 Å². The van der Waals surface area contributed by atoms with Gasteiger partial charge in [0.25, 0.3) is 11.8 Å². The van der Waals surface area contributed by atoms with E-state index in [2.05, 4.69) is 31.1 Å². The van der Waals surface area contributed by atoms with Crippen LogP contribution in [0.25, 0.3) is 10.6 Å². The first-order valence-electron chi connectivity index (χ1n) is 12.8. The Hall–Kier alpha value is -3.91. The number of nitrogens with zero attached hydrogens (tertiary/aromatic N) is 4. The van der Waals surface area contributed by atoms with Gasteiger partial charge in [-0.2, -0.15) is 0 Å². The number of rotatable bonds is 9. The molecular formula is C25H24B3N7O5S. The summed E-state index contributed by atoms with van der Waals surface area (Å²) >= 11 is 1.24. The second-order valence-corrected chi connectivity index (χ2v) is 10.6. The number of amides is 3. The maximum Gasteiger partial charge on any atom is 0.272 e. The summed E-state index contributed by atoms with van der Waals surface area (Å²) in [6, 6.07) is 6.75. The van der Waals surface area contributed by atoms with Gasteiger partial charge in [0.1, 0.15) is 9.88 Å². The van der Waals surface area contributed by atoms with Crippen molar-refractivity contribution >= 4 is 69.8 Å². The lowest BCUT2D eigenvalue weighted by Crippen LogP contribution is -2.50. The Morgan fingerprint density at radius 3 is 2.56 bits per heavy atom. The lowest BCUT2D eigenvalue weighted by Gasteiger charge is -2.26. The number of thiazole rings is 1. The van der Waals surface area contributed by atoms with E-state index < -0.39 is 11.1 Å². The van der Waals surface area contributed by atoms with Crippen molar-refractivity contribution in [1.82, 2.24) is 25.4 Å². The molecule has 1 aliphatic carbocycles. The molecule has 1 aromatic carbocycles. The monoisotopic (exact) mass is 567 g/mol. The van der Waals surface area contributed by atoms with Crippen LogP contribution in [0.1, 0.15) is 33.0 Å². The van der Waals surface area contributed by atoms with Gasteiger partial charge in [-0.3, -0.25) is 14.4 Å². The van der Waals surface area contributed by atoms with E-state index in [9.17, 15) is 14.4 Å². The molecule has 2 aromatic heterocycles. The maximum atomic E-state index is 13.0. The second kappa shape index (κ2) is 11.9. The second-order valence-electron chi connectivity index (χ2n) is 9.59. The number of anilines is 3. The molecule has 0 unspecified atom stereocenters. The van der Waals surface area contributed by atoms with Gasteiger partial charge >= 0.3 is 0 Å². The van der Waals surface area contributed by atoms with Crippen LogP contribution in [0.4, 0.5) is 17.2 Å². The van der Waals surface area contributed by atoms with Crippen LogP contribution in [0.2, 0.25) is 0 Å². The van der Waals surface area contributed by atoms with Gasteiger partial charge in [-0.05, 0) is 25.0 Å². The fraction of sp³-hybridized carbons (Fsp3) is 0.360. The largest absolute Gasteiger partial charge is 0.494 e. The van der Waals surface area contributed by atoms with Crippen LogP contribution >= 0.6 is 11.3 Å². The lowest BCUT2D eigenvalue weighted by atomic mass is 9.49. The molecule has 5 rings (SSSR count). The summed E-state index contributed by atoms with van der Waals surface area (Å²) in [5.74, 6) is -0.627. The highest BCUT2D eigenvalue weighted by Gasteiger charge is 2.30. The zero-order valence-corrected chi connectivity index (χ0v) is 23.0. The molecule has 2 fully saturated rings. The summed E-state index contributed by atoms with van der Waals surface area (Å²) in [6.45, 7) is 2.04. The summed E-state index contributed by atoms with van der Waals surface area (Å²) in [4.78, 5) is 44.9. The predicted molar refractivity (Wildman–Crippen MR) is 155 cm³/mol. The molecule has 0 atom stereocenters. The summed E-state index contributed by atoms with van der Waals surface area (Å²) in [7, 11) is 18.1. The van der Waals surface area contributed by atoms with Gasteiger partial charge in [-0.15, -0.1) is 21.5 Å². The molecule has 2 aliphatic rings. The Labute approximate surface area is 244 Å². The van der Waals surface area contributed by atoms with Crippen molar-refractivity contribution in [2.75, 3.05) is 44.0 Å². The third-order valence-electron chi connectivity index (χ3n) is 6.27. The fourth-order valence-corrected chi connectivity index (χ4v) is 5.04. The number of hydrogen-bond donors (Lipinski definition) is 3. The number of methoxy groups -OCH3 is 1. The molecule has 1 saturated carbocycles. The van der Waals surface area contributed by atoms with Gasteiger partial charge in [0.05, 0.1) is 67.0 Å². The number of benzene rings is 1. The van der Waals surface area contributed by atoms with Crippen molar-refractivity contribution in [2.24, 2.45) is 5.92 Å². The van der Waals surface area contributed by atoms with E-state index in [-0.39, 0.29) is 34.9 Å². The Kier molecular flexibility index (Phi) is 8.31. The third-order valence-corrected chi connectivity index (χ3v) is 7.29. The predicted octanol–water partition coefficient (Wildman–Crippen LogP) is 1.02. The first-order valence-corrected chi connectivity index (χ1v) is 13.6. The number of para-hydroxylation sites is 1. The van der Waals surface area contributed by atoms with E-state index in [1.165, 1.54) is 24.5 Å². The van der Waals surface area contributed by atoms with E-state index in [4.69, 9.17) is 33.0 Å². The van der Waals surface area contributed by atoms with E-state index in [1.807, 2.05) is 0 Å².